The fourth-order valence-corrected chi connectivity index (χ4v) is 1.52. The third-order valence-corrected chi connectivity index (χ3v) is 3.07. The van der Waals surface area contributed by atoms with E-state index in [1.165, 1.54) is 4.90 Å². The Morgan fingerprint density at radius 2 is 1.90 bits per heavy atom. The summed E-state index contributed by atoms with van der Waals surface area (Å²) >= 11 is 0. The van der Waals surface area contributed by atoms with Crippen molar-refractivity contribution in [2.45, 2.75) is 19.3 Å². The minimum absolute atomic E-state index is 0.218. The fourth-order valence-electron chi connectivity index (χ4n) is 1.52. The van der Waals surface area contributed by atoms with Crippen molar-refractivity contribution in [2.24, 2.45) is 0 Å². The number of carboxylic acid groups (broad SMARTS) is 1. The summed E-state index contributed by atoms with van der Waals surface area (Å²) in [4.78, 5) is 24.2. The lowest BCUT2D eigenvalue weighted by Crippen LogP contribution is -2.31. The van der Waals surface area contributed by atoms with Gasteiger partial charge in [0.1, 0.15) is 0 Å². The van der Waals surface area contributed by atoms with E-state index in [1.807, 2.05) is 0 Å². The van der Waals surface area contributed by atoms with Crippen LogP contribution in [0.15, 0.2) is 24.3 Å². The Labute approximate surface area is 118 Å². The molecule has 0 unspecified atom stereocenters. The molecule has 1 aromatic carbocycles. The highest BCUT2D eigenvalue weighted by molar-refractivity contribution is 5.89. The first kappa shape index (κ1) is 15.6. The van der Waals surface area contributed by atoms with E-state index in [9.17, 15) is 9.59 Å². The molecule has 2 amide bonds. The van der Waals surface area contributed by atoms with Crippen LogP contribution in [0.5, 0.6) is 0 Å². The number of nitrogens with one attached hydrogen (secondary N) is 1. The monoisotopic (exact) mass is 274 g/mol. The van der Waals surface area contributed by atoms with Gasteiger partial charge in [-0.05, 0) is 31.5 Å². The summed E-state index contributed by atoms with van der Waals surface area (Å²) in [7, 11) is 1.59. The van der Waals surface area contributed by atoms with Gasteiger partial charge in [0.15, 0.2) is 0 Å². The lowest BCUT2D eigenvalue weighted by molar-refractivity contribution is -0.142. The van der Waals surface area contributed by atoms with Gasteiger partial charge in [0.25, 0.3) is 0 Å². The van der Waals surface area contributed by atoms with Gasteiger partial charge < -0.3 is 15.3 Å². The number of aliphatic carboxylic acids is 1. The van der Waals surface area contributed by atoms with Crippen LogP contribution in [-0.2, 0) is 10.2 Å². The second-order valence-corrected chi connectivity index (χ2v) is 5.00. The highest BCUT2D eigenvalue weighted by Crippen LogP contribution is 2.24. The Morgan fingerprint density at radius 1 is 1.35 bits per heavy atom. The zero-order valence-electron chi connectivity index (χ0n) is 11.8. The molecule has 0 aliphatic carbocycles. The Morgan fingerprint density at radius 3 is 2.35 bits per heavy atom. The lowest BCUT2D eigenvalue weighted by Gasteiger charge is -2.20. The topological polar surface area (TPSA) is 69.6 Å². The van der Waals surface area contributed by atoms with Gasteiger partial charge in [0.2, 0.25) is 0 Å². The summed E-state index contributed by atoms with van der Waals surface area (Å²) in [6, 6.07) is 6.40. The average molecular weight is 274 g/mol. The molecule has 106 valence electrons. The van der Waals surface area contributed by atoms with Gasteiger partial charge in [0, 0.05) is 12.7 Å². The number of terminal acetylenes is 1. The standard InChI is InChI=1S/C15H18N2O3/c1-5-10-17(4)14(20)16-12-8-6-11(7-9-12)15(2,3)13(18)19/h1,6-9H,10H2,2-4H3,(H,16,20)(H,18,19). The number of urea groups is 1. The molecule has 0 saturated carbocycles. The summed E-state index contributed by atoms with van der Waals surface area (Å²) in [5.74, 6) is 1.48. The van der Waals surface area contributed by atoms with Gasteiger partial charge in [-0.1, -0.05) is 18.1 Å². The molecule has 0 aliphatic rings. The number of carboxylic acids is 1. The molecule has 0 bridgehead atoms. The second kappa shape index (κ2) is 6.11. The van der Waals surface area contributed by atoms with Gasteiger partial charge in [-0.2, -0.15) is 0 Å². The van der Waals surface area contributed by atoms with E-state index in [0.717, 1.165) is 0 Å². The maximum absolute atomic E-state index is 11.7. The SMILES string of the molecule is C#CCN(C)C(=O)Nc1ccc(C(C)(C)C(=O)O)cc1. The number of anilines is 1. The van der Waals surface area contributed by atoms with Crippen LogP contribution in [-0.4, -0.2) is 35.6 Å². The minimum Gasteiger partial charge on any atom is -0.481 e. The molecule has 20 heavy (non-hydrogen) atoms. The third kappa shape index (κ3) is 3.51. The molecule has 0 aromatic heterocycles. The normalized spacial score (nSPS) is 10.5. The molecule has 0 fully saturated rings. The van der Waals surface area contributed by atoms with E-state index in [0.29, 0.717) is 11.3 Å². The van der Waals surface area contributed by atoms with Crippen molar-refractivity contribution in [1.82, 2.24) is 4.90 Å². The van der Waals surface area contributed by atoms with Gasteiger partial charge >= 0.3 is 12.0 Å². The maximum atomic E-state index is 11.7. The van der Waals surface area contributed by atoms with E-state index in [1.54, 1.807) is 45.2 Å². The smallest absolute Gasteiger partial charge is 0.322 e. The number of rotatable bonds is 4. The first-order chi connectivity index (χ1) is 9.28. The van der Waals surface area contributed by atoms with Crippen LogP contribution in [0.4, 0.5) is 10.5 Å². The number of carbonyl (C=O) groups is 2. The number of hydrogen-bond acceptors (Lipinski definition) is 2. The van der Waals surface area contributed by atoms with E-state index >= 15 is 0 Å². The predicted octanol–water partition coefficient (Wildman–Crippen LogP) is 2.15. The molecule has 5 heteroatoms. The van der Waals surface area contributed by atoms with Crippen molar-refractivity contribution >= 4 is 17.7 Å². The number of benzene rings is 1. The summed E-state index contributed by atoms with van der Waals surface area (Å²) in [6.45, 7) is 3.48. The maximum Gasteiger partial charge on any atom is 0.322 e. The van der Waals surface area contributed by atoms with Gasteiger partial charge in [-0.25, -0.2) is 4.79 Å². The highest BCUT2D eigenvalue weighted by Gasteiger charge is 2.29. The van der Waals surface area contributed by atoms with E-state index < -0.39 is 11.4 Å². The molecule has 0 radical (unpaired) electrons. The van der Waals surface area contributed by atoms with Gasteiger partial charge in [0.05, 0.1) is 12.0 Å². The predicted molar refractivity (Wildman–Crippen MR) is 77.6 cm³/mol. The van der Waals surface area contributed by atoms with Crippen molar-refractivity contribution in [3.63, 3.8) is 0 Å². The van der Waals surface area contributed by atoms with Crippen LogP contribution in [0, 0.1) is 12.3 Å². The Kier molecular flexibility index (Phi) is 4.76. The zero-order chi connectivity index (χ0) is 15.3. The second-order valence-electron chi connectivity index (χ2n) is 5.00. The Balaban J connectivity index is 2.81. The van der Waals surface area contributed by atoms with Crippen LogP contribution >= 0.6 is 0 Å². The van der Waals surface area contributed by atoms with E-state index in [2.05, 4.69) is 11.2 Å². The van der Waals surface area contributed by atoms with Crippen LogP contribution in [0.3, 0.4) is 0 Å². The van der Waals surface area contributed by atoms with E-state index in [-0.39, 0.29) is 12.6 Å². The van der Waals surface area contributed by atoms with Crippen molar-refractivity contribution in [1.29, 1.82) is 0 Å². The summed E-state index contributed by atoms with van der Waals surface area (Å²) in [5, 5.41) is 11.8. The first-order valence-corrected chi connectivity index (χ1v) is 6.08. The largest absolute Gasteiger partial charge is 0.481 e. The molecule has 0 spiro atoms. The van der Waals surface area contributed by atoms with Crippen molar-refractivity contribution in [2.75, 3.05) is 18.9 Å². The Hall–Kier alpha value is -2.48. The molecule has 5 nitrogen and oxygen atoms in total. The Bertz CT molecular complexity index is 541. The zero-order valence-corrected chi connectivity index (χ0v) is 11.8. The molecule has 0 aliphatic heterocycles. The van der Waals surface area contributed by atoms with Gasteiger partial charge in [-0.3, -0.25) is 4.79 Å². The van der Waals surface area contributed by atoms with E-state index in [4.69, 9.17) is 11.5 Å². The molecule has 0 heterocycles. The number of carbonyl (C=O) groups excluding carboxylic acids is 1. The molecule has 0 atom stereocenters. The van der Waals surface area contributed by atoms with Crippen molar-refractivity contribution < 1.29 is 14.7 Å². The average Bonchev–Trinajstić information content (AvgIpc) is 2.39. The van der Waals surface area contributed by atoms with Crippen molar-refractivity contribution in [3.05, 3.63) is 29.8 Å². The number of hydrogen-bond donors (Lipinski definition) is 2. The number of nitrogens with zero attached hydrogens (tertiary/aromatic N) is 1. The van der Waals surface area contributed by atoms with Crippen molar-refractivity contribution in [3.8, 4) is 12.3 Å². The third-order valence-electron chi connectivity index (χ3n) is 3.07. The molecule has 0 saturated heterocycles. The van der Waals surface area contributed by atoms with Crippen LogP contribution in [0.25, 0.3) is 0 Å². The molecule has 1 aromatic rings. The molecule has 2 N–H and O–H groups in total. The first-order valence-electron chi connectivity index (χ1n) is 6.08. The fraction of sp³-hybridized carbons (Fsp3) is 0.333. The lowest BCUT2D eigenvalue weighted by atomic mass is 9.85. The van der Waals surface area contributed by atoms with Crippen LogP contribution in [0.2, 0.25) is 0 Å². The van der Waals surface area contributed by atoms with Crippen LogP contribution < -0.4 is 5.32 Å². The van der Waals surface area contributed by atoms with Crippen LogP contribution in [0.1, 0.15) is 19.4 Å². The highest BCUT2D eigenvalue weighted by atomic mass is 16.4. The molecular formula is C15H18N2O3. The summed E-state index contributed by atoms with van der Waals surface area (Å²) in [6.07, 6.45) is 5.13. The summed E-state index contributed by atoms with van der Waals surface area (Å²) < 4.78 is 0. The number of amides is 2. The molecule has 1 rings (SSSR count). The molecular weight excluding hydrogens is 256 g/mol. The quantitative estimate of drug-likeness (QED) is 0.826. The minimum atomic E-state index is -0.969. The summed E-state index contributed by atoms with van der Waals surface area (Å²) in [5.41, 5.74) is 0.284. The van der Waals surface area contributed by atoms with Gasteiger partial charge in [-0.15, -0.1) is 6.42 Å².